The third-order valence-corrected chi connectivity index (χ3v) is 4.74. The van der Waals surface area contributed by atoms with Gasteiger partial charge in [-0.25, -0.2) is 0 Å². The van der Waals surface area contributed by atoms with Gasteiger partial charge in [-0.1, -0.05) is 30.3 Å². The van der Waals surface area contributed by atoms with E-state index in [1.54, 1.807) is 0 Å². The third kappa shape index (κ3) is 4.60. The second-order valence-corrected chi connectivity index (χ2v) is 6.67. The van der Waals surface area contributed by atoms with Crippen molar-refractivity contribution in [3.05, 3.63) is 60.2 Å². The monoisotopic (exact) mass is 338 g/mol. The molecule has 1 heterocycles. The number of hydrogen-bond acceptors (Lipinski definition) is 3. The Hall–Kier alpha value is -2.33. The Morgan fingerprint density at radius 3 is 2.28 bits per heavy atom. The Balaban J connectivity index is 1.56. The van der Waals surface area contributed by atoms with Gasteiger partial charge in [0.05, 0.1) is 6.04 Å². The van der Waals surface area contributed by atoms with Crippen molar-refractivity contribution in [3.63, 3.8) is 0 Å². The molecule has 0 saturated carbocycles. The van der Waals surface area contributed by atoms with Gasteiger partial charge < -0.3 is 9.64 Å². The van der Waals surface area contributed by atoms with E-state index >= 15 is 0 Å². The first-order valence-electron chi connectivity index (χ1n) is 8.94. The molecule has 1 saturated heterocycles. The summed E-state index contributed by atoms with van der Waals surface area (Å²) in [5, 5.41) is 0. The smallest absolute Gasteiger partial charge is 0.239 e. The van der Waals surface area contributed by atoms with Gasteiger partial charge in [-0.3, -0.25) is 9.69 Å². The SMILES string of the molecule is C[C@H](C(=O)N(C)Cc1ccc(Oc2ccccc2)cc1)N1CCCC1. The Labute approximate surface area is 150 Å². The van der Waals surface area contributed by atoms with Crippen LogP contribution in [0.5, 0.6) is 11.5 Å². The first-order chi connectivity index (χ1) is 12.1. The highest BCUT2D eigenvalue weighted by Crippen LogP contribution is 2.21. The van der Waals surface area contributed by atoms with Crippen molar-refractivity contribution in [1.82, 2.24) is 9.80 Å². The largest absolute Gasteiger partial charge is 0.457 e. The van der Waals surface area contributed by atoms with Crippen LogP contribution in [-0.2, 0) is 11.3 Å². The summed E-state index contributed by atoms with van der Waals surface area (Å²) in [5.41, 5.74) is 1.10. The molecular formula is C21H26N2O2. The molecule has 0 radical (unpaired) electrons. The van der Waals surface area contributed by atoms with Crippen molar-refractivity contribution < 1.29 is 9.53 Å². The fraction of sp³-hybridized carbons (Fsp3) is 0.381. The van der Waals surface area contributed by atoms with Gasteiger partial charge in [0.2, 0.25) is 5.91 Å². The molecule has 0 N–H and O–H groups in total. The van der Waals surface area contributed by atoms with E-state index in [9.17, 15) is 4.79 Å². The van der Waals surface area contributed by atoms with E-state index in [0.717, 1.165) is 30.2 Å². The predicted octanol–water partition coefficient (Wildman–Crippen LogP) is 3.92. The number of rotatable bonds is 6. The van der Waals surface area contributed by atoms with Crippen molar-refractivity contribution in [3.8, 4) is 11.5 Å². The number of nitrogens with zero attached hydrogens (tertiary/aromatic N) is 2. The highest BCUT2D eigenvalue weighted by Gasteiger charge is 2.26. The molecule has 4 heteroatoms. The van der Waals surface area contributed by atoms with Crippen LogP contribution in [0, 0.1) is 0 Å². The number of carbonyl (C=O) groups is 1. The number of likely N-dealkylation sites (N-methyl/N-ethyl adjacent to an activating group) is 1. The lowest BCUT2D eigenvalue weighted by molar-refractivity contribution is -0.135. The summed E-state index contributed by atoms with van der Waals surface area (Å²) in [5.74, 6) is 1.81. The van der Waals surface area contributed by atoms with Gasteiger partial charge in [-0.2, -0.15) is 0 Å². The normalized spacial score (nSPS) is 15.8. The molecule has 1 amide bonds. The van der Waals surface area contributed by atoms with Gasteiger partial charge in [0.1, 0.15) is 11.5 Å². The van der Waals surface area contributed by atoms with Crippen LogP contribution in [0.2, 0.25) is 0 Å². The Kier molecular flexibility index (Phi) is 5.71. The number of amides is 1. The quantitative estimate of drug-likeness (QED) is 0.800. The summed E-state index contributed by atoms with van der Waals surface area (Å²) in [4.78, 5) is 16.7. The van der Waals surface area contributed by atoms with E-state index in [-0.39, 0.29) is 11.9 Å². The van der Waals surface area contributed by atoms with Crippen molar-refractivity contribution in [1.29, 1.82) is 0 Å². The van der Waals surface area contributed by atoms with E-state index in [0.29, 0.717) is 6.54 Å². The molecular weight excluding hydrogens is 312 g/mol. The zero-order valence-electron chi connectivity index (χ0n) is 15.0. The van der Waals surface area contributed by atoms with Crippen LogP contribution in [0.1, 0.15) is 25.3 Å². The Morgan fingerprint density at radius 1 is 1.04 bits per heavy atom. The van der Waals surface area contributed by atoms with Gasteiger partial charge in [-0.15, -0.1) is 0 Å². The molecule has 2 aromatic carbocycles. The number of benzene rings is 2. The molecule has 3 rings (SSSR count). The van der Waals surface area contributed by atoms with Crippen molar-refractivity contribution in [2.24, 2.45) is 0 Å². The minimum absolute atomic E-state index is 0.0341. The van der Waals surface area contributed by atoms with Gasteiger partial charge in [0, 0.05) is 13.6 Å². The first-order valence-corrected chi connectivity index (χ1v) is 8.94. The van der Waals surface area contributed by atoms with Gasteiger partial charge in [-0.05, 0) is 62.7 Å². The molecule has 1 aliphatic rings. The molecule has 0 unspecified atom stereocenters. The highest BCUT2D eigenvalue weighted by molar-refractivity contribution is 5.81. The predicted molar refractivity (Wildman–Crippen MR) is 99.7 cm³/mol. The summed E-state index contributed by atoms with van der Waals surface area (Å²) in [6.07, 6.45) is 2.40. The fourth-order valence-corrected chi connectivity index (χ4v) is 3.24. The maximum atomic E-state index is 12.6. The van der Waals surface area contributed by atoms with Crippen molar-refractivity contribution in [2.45, 2.75) is 32.4 Å². The van der Waals surface area contributed by atoms with Crippen molar-refractivity contribution >= 4 is 5.91 Å². The van der Waals surface area contributed by atoms with E-state index < -0.39 is 0 Å². The molecule has 0 spiro atoms. The van der Waals surface area contributed by atoms with E-state index in [1.165, 1.54) is 12.8 Å². The number of carbonyl (C=O) groups excluding carboxylic acids is 1. The number of hydrogen-bond donors (Lipinski definition) is 0. The Morgan fingerprint density at radius 2 is 1.64 bits per heavy atom. The number of para-hydroxylation sites is 1. The molecule has 25 heavy (non-hydrogen) atoms. The second-order valence-electron chi connectivity index (χ2n) is 6.67. The zero-order valence-corrected chi connectivity index (χ0v) is 15.0. The standard InChI is InChI=1S/C21H26N2O2/c1-17(23-14-6-7-15-23)21(24)22(2)16-18-10-12-20(13-11-18)25-19-8-4-3-5-9-19/h3-5,8-13,17H,6-7,14-16H2,1-2H3/t17-/m1/s1. The maximum absolute atomic E-state index is 12.6. The van der Waals surface area contributed by atoms with Gasteiger partial charge in [0.25, 0.3) is 0 Å². The zero-order chi connectivity index (χ0) is 17.6. The van der Waals surface area contributed by atoms with E-state index in [2.05, 4.69) is 4.90 Å². The minimum Gasteiger partial charge on any atom is -0.457 e. The van der Waals surface area contributed by atoms with E-state index in [4.69, 9.17) is 4.74 Å². The summed E-state index contributed by atoms with van der Waals surface area (Å²) in [6, 6.07) is 17.6. The fourth-order valence-electron chi connectivity index (χ4n) is 3.24. The lowest BCUT2D eigenvalue weighted by Gasteiger charge is -2.27. The molecule has 1 atom stereocenters. The van der Waals surface area contributed by atoms with Crippen LogP contribution in [0.4, 0.5) is 0 Å². The average molecular weight is 338 g/mol. The number of ether oxygens (including phenoxy) is 1. The lowest BCUT2D eigenvalue weighted by Crippen LogP contribution is -2.44. The first kappa shape index (κ1) is 17.5. The molecule has 4 nitrogen and oxygen atoms in total. The van der Waals surface area contributed by atoms with Crippen LogP contribution < -0.4 is 4.74 Å². The molecule has 0 bridgehead atoms. The summed E-state index contributed by atoms with van der Waals surface area (Å²) in [7, 11) is 1.88. The van der Waals surface area contributed by atoms with Gasteiger partial charge in [0.15, 0.2) is 0 Å². The third-order valence-electron chi connectivity index (χ3n) is 4.74. The minimum atomic E-state index is -0.0341. The summed E-state index contributed by atoms with van der Waals surface area (Å²) >= 11 is 0. The van der Waals surface area contributed by atoms with Crippen LogP contribution in [-0.4, -0.2) is 41.9 Å². The maximum Gasteiger partial charge on any atom is 0.239 e. The topological polar surface area (TPSA) is 32.8 Å². The number of likely N-dealkylation sites (tertiary alicyclic amines) is 1. The van der Waals surface area contributed by atoms with Crippen LogP contribution in [0.3, 0.4) is 0 Å². The summed E-state index contributed by atoms with van der Waals surface area (Å²) in [6.45, 7) is 4.70. The van der Waals surface area contributed by atoms with E-state index in [1.807, 2.05) is 73.5 Å². The highest BCUT2D eigenvalue weighted by atomic mass is 16.5. The van der Waals surface area contributed by atoms with Crippen LogP contribution >= 0.6 is 0 Å². The lowest BCUT2D eigenvalue weighted by atomic mass is 10.2. The molecule has 0 aromatic heterocycles. The second kappa shape index (κ2) is 8.17. The molecule has 1 aliphatic heterocycles. The molecule has 132 valence electrons. The van der Waals surface area contributed by atoms with Crippen LogP contribution in [0.25, 0.3) is 0 Å². The molecule has 0 aliphatic carbocycles. The Bertz CT molecular complexity index is 679. The molecule has 2 aromatic rings. The average Bonchev–Trinajstić information content (AvgIpc) is 3.17. The van der Waals surface area contributed by atoms with Gasteiger partial charge >= 0.3 is 0 Å². The van der Waals surface area contributed by atoms with Crippen molar-refractivity contribution in [2.75, 3.05) is 20.1 Å². The molecule has 1 fully saturated rings. The van der Waals surface area contributed by atoms with Crippen LogP contribution in [0.15, 0.2) is 54.6 Å². The summed E-state index contributed by atoms with van der Waals surface area (Å²) < 4.78 is 5.80.